The van der Waals surface area contributed by atoms with Gasteiger partial charge >= 0.3 is 0 Å². The predicted octanol–water partition coefficient (Wildman–Crippen LogP) is 1.80. The van der Waals surface area contributed by atoms with Gasteiger partial charge in [0.1, 0.15) is 5.82 Å². The number of aryl methyl sites for hydroxylation is 2. The number of pyridine rings is 1. The fraction of sp³-hybridized carbons (Fsp3) is 0.500. The van der Waals surface area contributed by atoms with E-state index in [2.05, 4.69) is 40.2 Å². The molecular weight excluding hydrogens is 262 g/mol. The third kappa shape index (κ3) is 2.93. The van der Waals surface area contributed by atoms with E-state index in [4.69, 9.17) is 0 Å². The molecule has 5 heteroatoms. The summed E-state index contributed by atoms with van der Waals surface area (Å²) in [6, 6.07) is 6.61. The van der Waals surface area contributed by atoms with Gasteiger partial charge in [-0.1, -0.05) is 6.07 Å². The average molecular weight is 285 g/mol. The van der Waals surface area contributed by atoms with Crippen LogP contribution in [0, 0.1) is 13.8 Å². The maximum Gasteiger partial charge on any atom is 0.128 e. The van der Waals surface area contributed by atoms with E-state index in [1.807, 2.05) is 30.1 Å². The van der Waals surface area contributed by atoms with E-state index in [1.54, 1.807) is 0 Å². The molecule has 2 aromatic heterocycles. The van der Waals surface area contributed by atoms with Gasteiger partial charge in [0, 0.05) is 50.2 Å². The van der Waals surface area contributed by atoms with Crippen LogP contribution in [0.5, 0.6) is 0 Å². The summed E-state index contributed by atoms with van der Waals surface area (Å²) in [5.74, 6) is 1.08. The molecule has 2 aromatic rings. The first-order chi connectivity index (χ1) is 10.1. The Morgan fingerprint density at radius 2 is 2.19 bits per heavy atom. The number of hydrogen-bond acceptors (Lipinski definition) is 4. The minimum absolute atomic E-state index is 0.519. The van der Waals surface area contributed by atoms with Gasteiger partial charge in [-0.2, -0.15) is 5.10 Å². The molecule has 0 unspecified atom stereocenters. The minimum Gasteiger partial charge on any atom is -0.355 e. The van der Waals surface area contributed by atoms with Gasteiger partial charge in [0.25, 0.3) is 0 Å². The van der Waals surface area contributed by atoms with Gasteiger partial charge in [-0.3, -0.25) is 4.68 Å². The summed E-state index contributed by atoms with van der Waals surface area (Å²) in [5, 5.41) is 8.14. The molecule has 1 aliphatic rings. The monoisotopic (exact) mass is 285 g/mol. The Kier molecular flexibility index (Phi) is 3.92. The second kappa shape index (κ2) is 5.85. The van der Waals surface area contributed by atoms with E-state index in [9.17, 15) is 0 Å². The number of rotatable bonds is 4. The molecule has 0 radical (unpaired) electrons. The summed E-state index contributed by atoms with van der Waals surface area (Å²) >= 11 is 0. The molecule has 1 fully saturated rings. The van der Waals surface area contributed by atoms with Gasteiger partial charge in [-0.05, 0) is 32.4 Å². The second-order valence-corrected chi connectivity index (χ2v) is 5.77. The summed E-state index contributed by atoms with van der Waals surface area (Å²) < 4.78 is 1.96. The largest absolute Gasteiger partial charge is 0.355 e. The summed E-state index contributed by atoms with van der Waals surface area (Å²) in [6.07, 6.45) is 3.02. The molecule has 1 saturated heterocycles. The molecule has 112 valence electrons. The molecule has 0 aromatic carbocycles. The Morgan fingerprint density at radius 1 is 1.33 bits per heavy atom. The molecule has 1 aliphatic heterocycles. The van der Waals surface area contributed by atoms with E-state index in [0.717, 1.165) is 37.6 Å². The van der Waals surface area contributed by atoms with Crippen LogP contribution in [-0.4, -0.2) is 33.9 Å². The van der Waals surface area contributed by atoms with Gasteiger partial charge in [0.15, 0.2) is 0 Å². The molecule has 21 heavy (non-hydrogen) atoms. The lowest BCUT2D eigenvalue weighted by Gasteiger charge is -2.17. The Balaban J connectivity index is 1.58. The normalized spacial score (nSPS) is 18.4. The molecule has 0 amide bonds. The highest BCUT2D eigenvalue weighted by molar-refractivity contribution is 5.39. The van der Waals surface area contributed by atoms with E-state index in [-0.39, 0.29) is 0 Å². The molecule has 1 atom stereocenters. The standard InChI is InChI=1S/C16H23N5/c1-12-15(13(2)20(3)19-12)10-18-14-7-9-21(11-14)16-6-4-5-8-17-16/h4-6,8,14,18H,7,9-11H2,1-3H3/t14-/m0/s1. The van der Waals surface area contributed by atoms with Crippen LogP contribution in [0.4, 0.5) is 5.82 Å². The van der Waals surface area contributed by atoms with Crippen molar-refractivity contribution in [3.63, 3.8) is 0 Å². The highest BCUT2D eigenvalue weighted by atomic mass is 15.3. The summed E-state index contributed by atoms with van der Waals surface area (Å²) in [6.45, 7) is 7.20. The van der Waals surface area contributed by atoms with Crippen molar-refractivity contribution in [2.24, 2.45) is 7.05 Å². The van der Waals surface area contributed by atoms with Crippen LogP contribution in [-0.2, 0) is 13.6 Å². The second-order valence-electron chi connectivity index (χ2n) is 5.77. The lowest BCUT2D eigenvalue weighted by atomic mass is 10.2. The van der Waals surface area contributed by atoms with Gasteiger partial charge < -0.3 is 10.2 Å². The molecule has 0 bridgehead atoms. The quantitative estimate of drug-likeness (QED) is 0.930. The Labute approximate surface area is 126 Å². The predicted molar refractivity (Wildman–Crippen MR) is 84.4 cm³/mol. The minimum atomic E-state index is 0.519. The van der Waals surface area contributed by atoms with Crippen molar-refractivity contribution in [1.82, 2.24) is 20.1 Å². The number of anilines is 1. The molecule has 3 heterocycles. The maximum atomic E-state index is 4.47. The topological polar surface area (TPSA) is 46.0 Å². The Hall–Kier alpha value is -1.88. The molecule has 3 rings (SSSR count). The number of nitrogens with zero attached hydrogens (tertiary/aromatic N) is 4. The number of nitrogens with one attached hydrogen (secondary N) is 1. The molecule has 0 aliphatic carbocycles. The van der Waals surface area contributed by atoms with Crippen LogP contribution >= 0.6 is 0 Å². The first-order valence-corrected chi connectivity index (χ1v) is 7.53. The van der Waals surface area contributed by atoms with Crippen LogP contribution in [0.1, 0.15) is 23.4 Å². The molecule has 0 saturated carbocycles. The fourth-order valence-corrected chi connectivity index (χ4v) is 3.00. The van der Waals surface area contributed by atoms with Crippen LogP contribution in [0.2, 0.25) is 0 Å². The maximum absolute atomic E-state index is 4.47. The van der Waals surface area contributed by atoms with Crippen molar-refractivity contribution in [3.8, 4) is 0 Å². The first kappa shape index (κ1) is 14.1. The zero-order valence-corrected chi connectivity index (χ0v) is 13.0. The summed E-state index contributed by atoms with van der Waals surface area (Å²) in [7, 11) is 2.00. The van der Waals surface area contributed by atoms with E-state index in [0.29, 0.717) is 6.04 Å². The zero-order chi connectivity index (χ0) is 14.8. The smallest absolute Gasteiger partial charge is 0.128 e. The lowest BCUT2D eigenvalue weighted by Crippen LogP contribution is -2.32. The number of aromatic nitrogens is 3. The summed E-state index contributed by atoms with van der Waals surface area (Å²) in [4.78, 5) is 6.78. The molecule has 1 N–H and O–H groups in total. The van der Waals surface area contributed by atoms with E-state index in [1.165, 1.54) is 11.3 Å². The highest BCUT2D eigenvalue weighted by Gasteiger charge is 2.23. The van der Waals surface area contributed by atoms with Crippen LogP contribution in [0.15, 0.2) is 24.4 Å². The van der Waals surface area contributed by atoms with Crippen molar-refractivity contribution >= 4 is 5.82 Å². The van der Waals surface area contributed by atoms with Crippen molar-refractivity contribution in [2.75, 3.05) is 18.0 Å². The van der Waals surface area contributed by atoms with Gasteiger partial charge in [-0.15, -0.1) is 0 Å². The van der Waals surface area contributed by atoms with Crippen molar-refractivity contribution in [3.05, 3.63) is 41.3 Å². The van der Waals surface area contributed by atoms with E-state index >= 15 is 0 Å². The average Bonchev–Trinajstić information content (AvgIpc) is 3.05. The van der Waals surface area contributed by atoms with E-state index < -0.39 is 0 Å². The Bertz CT molecular complexity index is 605. The van der Waals surface area contributed by atoms with Crippen LogP contribution in [0.3, 0.4) is 0 Å². The third-order valence-corrected chi connectivity index (χ3v) is 4.39. The fourth-order valence-electron chi connectivity index (χ4n) is 3.00. The molecule has 0 spiro atoms. The number of hydrogen-bond donors (Lipinski definition) is 1. The van der Waals surface area contributed by atoms with Crippen LogP contribution in [0.25, 0.3) is 0 Å². The van der Waals surface area contributed by atoms with Gasteiger partial charge in [0.05, 0.1) is 5.69 Å². The molecule has 5 nitrogen and oxygen atoms in total. The summed E-state index contributed by atoms with van der Waals surface area (Å²) in [5.41, 5.74) is 3.70. The van der Waals surface area contributed by atoms with Crippen LogP contribution < -0.4 is 10.2 Å². The van der Waals surface area contributed by atoms with Crippen molar-refractivity contribution in [1.29, 1.82) is 0 Å². The van der Waals surface area contributed by atoms with Gasteiger partial charge in [-0.25, -0.2) is 4.98 Å². The molecular formula is C16H23N5. The van der Waals surface area contributed by atoms with Crippen molar-refractivity contribution in [2.45, 2.75) is 32.9 Å². The third-order valence-electron chi connectivity index (χ3n) is 4.39. The lowest BCUT2D eigenvalue weighted by molar-refractivity contribution is 0.549. The first-order valence-electron chi connectivity index (χ1n) is 7.53. The van der Waals surface area contributed by atoms with Gasteiger partial charge in [0.2, 0.25) is 0 Å². The van der Waals surface area contributed by atoms with Crippen molar-refractivity contribution < 1.29 is 0 Å². The Morgan fingerprint density at radius 3 is 2.86 bits per heavy atom. The highest BCUT2D eigenvalue weighted by Crippen LogP contribution is 2.18. The SMILES string of the molecule is Cc1nn(C)c(C)c1CN[C@H]1CCN(c2ccccn2)C1. The zero-order valence-electron chi connectivity index (χ0n) is 13.0.